The van der Waals surface area contributed by atoms with E-state index in [9.17, 15) is 5.11 Å². The predicted molar refractivity (Wildman–Crippen MR) is 73.4 cm³/mol. The van der Waals surface area contributed by atoms with E-state index in [2.05, 4.69) is 46.2 Å². The number of aliphatic hydroxyl groups excluding tert-OH is 1. The van der Waals surface area contributed by atoms with E-state index in [1.165, 1.54) is 7.11 Å². The van der Waals surface area contributed by atoms with Gasteiger partial charge in [0.15, 0.2) is 14.1 Å². The van der Waals surface area contributed by atoms with Crippen molar-refractivity contribution in [3.05, 3.63) is 18.1 Å². The van der Waals surface area contributed by atoms with E-state index >= 15 is 0 Å². The van der Waals surface area contributed by atoms with Gasteiger partial charge in [0.1, 0.15) is 6.10 Å². The van der Waals surface area contributed by atoms with E-state index in [4.69, 9.17) is 9.16 Å². The van der Waals surface area contributed by atoms with Crippen LogP contribution in [0.25, 0.3) is 0 Å². The summed E-state index contributed by atoms with van der Waals surface area (Å²) in [5, 5.41) is 10.2. The summed E-state index contributed by atoms with van der Waals surface area (Å²) in [4.78, 5) is 0. The van der Waals surface area contributed by atoms with E-state index in [1.54, 1.807) is 0 Å². The summed E-state index contributed by atoms with van der Waals surface area (Å²) in [6, 6.07) is 0. The van der Waals surface area contributed by atoms with Gasteiger partial charge in [0.05, 0.1) is 13.2 Å². The number of aliphatic hydroxyl groups is 1. The Labute approximate surface area is 106 Å². The molecule has 0 heterocycles. The van der Waals surface area contributed by atoms with Crippen LogP contribution in [-0.2, 0) is 9.16 Å². The summed E-state index contributed by atoms with van der Waals surface area (Å²) in [6.45, 7) is 16.1. The molecule has 0 aliphatic heterocycles. The van der Waals surface area contributed by atoms with Gasteiger partial charge in [-0.2, -0.15) is 0 Å². The molecule has 0 aliphatic rings. The highest BCUT2D eigenvalue weighted by Gasteiger charge is 2.40. The second kappa shape index (κ2) is 5.87. The first-order chi connectivity index (χ1) is 7.56. The molecule has 0 saturated carbocycles. The van der Waals surface area contributed by atoms with E-state index in [1.807, 2.05) is 6.92 Å². The molecule has 1 N–H and O–H groups in total. The van der Waals surface area contributed by atoms with Crippen LogP contribution in [0, 0.1) is 0 Å². The van der Waals surface area contributed by atoms with Gasteiger partial charge in [-0.3, -0.25) is 0 Å². The summed E-state index contributed by atoms with van der Waals surface area (Å²) in [5.74, 6) is 0.330. The largest absolute Gasteiger partial charge is 0.490 e. The summed E-state index contributed by atoms with van der Waals surface area (Å²) < 4.78 is 11.1. The minimum Gasteiger partial charge on any atom is -0.490 e. The van der Waals surface area contributed by atoms with Crippen LogP contribution in [0.15, 0.2) is 18.1 Å². The van der Waals surface area contributed by atoms with Crippen molar-refractivity contribution in [2.24, 2.45) is 0 Å². The third kappa shape index (κ3) is 4.32. The van der Waals surface area contributed by atoms with Crippen LogP contribution in [0.4, 0.5) is 0 Å². The van der Waals surface area contributed by atoms with Crippen molar-refractivity contribution < 1.29 is 14.3 Å². The number of hydrogen-bond acceptors (Lipinski definition) is 3. The zero-order valence-corrected chi connectivity index (χ0v) is 13.1. The van der Waals surface area contributed by atoms with E-state index < -0.39 is 14.4 Å². The number of ether oxygens (including phenoxy) is 1. The highest BCUT2D eigenvalue weighted by Crippen LogP contribution is 2.37. The molecule has 0 radical (unpaired) electrons. The Kier molecular flexibility index (Phi) is 5.68. The van der Waals surface area contributed by atoms with Crippen molar-refractivity contribution in [2.45, 2.75) is 58.0 Å². The van der Waals surface area contributed by atoms with Crippen LogP contribution in [0.1, 0.15) is 27.7 Å². The first-order valence-corrected chi connectivity index (χ1v) is 8.77. The van der Waals surface area contributed by atoms with Crippen molar-refractivity contribution in [1.82, 2.24) is 0 Å². The lowest BCUT2D eigenvalue weighted by Crippen LogP contribution is -2.46. The third-order valence-electron chi connectivity index (χ3n) is 3.39. The van der Waals surface area contributed by atoms with E-state index in [0.717, 1.165) is 0 Å². The molecule has 0 aromatic carbocycles. The lowest BCUT2D eigenvalue weighted by molar-refractivity contribution is 0.0278. The van der Waals surface area contributed by atoms with Crippen LogP contribution in [0.2, 0.25) is 18.1 Å². The second-order valence-electron chi connectivity index (χ2n) is 5.77. The molecule has 2 atom stereocenters. The summed E-state index contributed by atoms with van der Waals surface area (Å²) in [7, 11) is -0.383. The van der Waals surface area contributed by atoms with Crippen LogP contribution in [-0.4, -0.2) is 32.7 Å². The SMILES string of the molecule is C=C=C(OC)C(O)[C@H](C)O[Si](C)(C)C(C)(C)C. The highest BCUT2D eigenvalue weighted by atomic mass is 28.4. The average molecular weight is 258 g/mol. The van der Waals surface area contributed by atoms with Gasteiger partial charge in [0.25, 0.3) is 0 Å². The fraction of sp³-hybridized carbons (Fsp3) is 0.769. The Bertz CT molecular complexity index is 298. The second-order valence-corrected chi connectivity index (χ2v) is 10.5. The maximum Gasteiger partial charge on any atom is 0.192 e. The molecule has 0 aliphatic carbocycles. The molecule has 1 unspecified atom stereocenters. The fourth-order valence-electron chi connectivity index (χ4n) is 1.22. The molecule has 0 amide bonds. The number of hydrogen-bond donors (Lipinski definition) is 1. The molecular weight excluding hydrogens is 232 g/mol. The monoisotopic (exact) mass is 258 g/mol. The summed E-state index contributed by atoms with van der Waals surface area (Å²) in [5.41, 5.74) is 2.59. The topological polar surface area (TPSA) is 38.7 Å². The van der Waals surface area contributed by atoms with Gasteiger partial charge in [-0.05, 0) is 25.1 Å². The first kappa shape index (κ1) is 16.5. The van der Waals surface area contributed by atoms with Crippen LogP contribution < -0.4 is 0 Å². The van der Waals surface area contributed by atoms with Crippen LogP contribution >= 0.6 is 0 Å². The van der Waals surface area contributed by atoms with Gasteiger partial charge in [0, 0.05) is 0 Å². The maximum atomic E-state index is 10.0. The minimum absolute atomic E-state index is 0.117. The van der Waals surface area contributed by atoms with Gasteiger partial charge in [0.2, 0.25) is 0 Å². The van der Waals surface area contributed by atoms with Crippen molar-refractivity contribution in [3.63, 3.8) is 0 Å². The molecule has 0 saturated heterocycles. The minimum atomic E-state index is -1.88. The normalized spacial score (nSPS) is 16.0. The zero-order valence-electron chi connectivity index (χ0n) is 12.1. The quantitative estimate of drug-likeness (QED) is 0.468. The van der Waals surface area contributed by atoms with Gasteiger partial charge in [-0.15, -0.1) is 0 Å². The van der Waals surface area contributed by atoms with Gasteiger partial charge in [-0.25, -0.2) is 0 Å². The molecule has 0 aromatic heterocycles. The molecular formula is C13H26O3Si. The van der Waals surface area contributed by atoms with E-state index in [0.29, 0.717) is 5.76 Å². The molecule has 0 rings (SSSR count). The predicted octanol–water partition coefficient (Wildman–Crippen LogP) is 3.07. The van der Waals surface area contributed by atoms with Crippen LogP contribution in [0.3, 0.4) is 0 Å². The summed E-state index contributed by atoms with van der Waals surface area (Å²) in [6.07, 6.45) is -1.13. The Hall–Kier alpha value is -0.543. The van der Waals surface area contributed by atoms with Crippen LogP contribution in [0.5, 0.6) is 0 Å². The number of rotatable bonds is 5. The Balaban J connectivity index is 4.76. The molecule has 100 valence electrons. The van der Waals surface area contributed by atoms with E-state index in [-0.39, 0.29) is 11.1 Å². The first-order valence-electron chi connectivity index (χ1n) is 5.86. The lowest BCUT2D eigenvalue weighted by Gasteiger charge is -2.39. The Morgan fingerprint density at radius 1 is 1.35 bits per heavy atom. The van der Waals surface area contributed by atoms with Crippen molar-refractivity contribution in [1.29, 1.82) is 0 Å². The van der Waals surface area contributed by atoms with Crippen molar-refractivity contribution >= 4 is 8.32 Å². The maximum absolute atomic E-state index is 10.0. The molecule has 17 heavy (non-hydrogen) atoms. The molecule has 0 spiro atoms. The Morgan fingerprint density at radius 3 is 2.12 bits per heavy atom. The fourth-order valence-corrected chi connectivity index (χ4v) is 2.63. The molecule has 3 nitrogen and oxygen atoms in total. The molecule has 4 heteroatoms. The van der Waals surface area contributed by atoms with Gasteiger partial charge < -0.3 is 14.3 Å². The highest BCUT2D eigenvalue weighted by molar-refractivity contribution is 6.74. The van der Waals surface area contributed by atoms with Crippen molar-refractivity contribution in [2.75, 3.05) is 7.11 Å². The zero-order chi connectivity index (χ0) is 13.9. The third-order valence-corrected chi connectivity index (χ3v) is 7.97. The standard InChI is InChI=1S/C13H26O3Si/c1-9-11(15-6)12(14)10(2)16-17(7,8)13(3,4)5/h10,12,14H,1H2,2-8H3/t10-,12?/m0/s1. The van der Waals surface area contributed by atoms with Gasteiger partial charge in [-0.1, -0.05) is 33.1 Å². The molecule has 0 bridgehead atoms. The lowest BCUT2D eigenvalue weighted by atomic mass is 10.2. The Morgan fingerprint density at radius 2 is 1.82 bits per heavy atom. The molecule has 0 aromatic rings. The summed E-state index contributed by atoms with van der Waals surface area (Å²) >= 11 is 0. The number of methoxy groups -OCH3 is 1. The average Bonchev–Trinajstić information content (AvgIpc) is 2.16. The smallest absolute Gasteiger partial charge is 0.192 e. The van der Waals surface area contributed by atoms with Crippen molar-refractivity contribution in [3.8, 4) is 0 Å². The molecule has 0 fully saturated rings. The van der Waals surface area contributed by atoms with Gasteiger partial charge >= 0.3 is 0 Å².